The van der Waals surface area contributed by atoms with E-state index in [9.17, 15) is 0 Å². The molecule has 0 bridgehead atoms. The zero-order valence-corrected chi connectivity index (χ0v) is 11.5. The molecule has 0 aromatic heterocycles. The summed E-state index contributed by atoms with van der Waals surface area (Å²) in [7, 11) is 3.31. The predicted octanol–water partition coefficient (Wildman–Crippen LogP) is 2.96. The van der Waals surface area contributed by atoms with E-state index in [-0.39, 0.29) is 0 Å². The van der Waals surface area contributed by atoms with Crippen molar-refractivity contribution in [2.24, 2.45) is 5.92 Å². The first kappa shape index (κ1) is 12.9. The predicted molar refractivity (Wildman–Crippen MR) is 74.9 cm³/mol. The van der Waals surface area contributed by atoms with Crippen molar-refractivity contribution < 1.29 is 9.47 Å². The minimum atomic E-state index is 0.468. The Hall–Kier alpha value is -1.58. The van der Waals surface area contributed by atoms with Crippen LogP contribution in [0.25, 0.3) is 0 Å². The van der Waals surface area contributed by atoms with Gasteiger partial charge in [0.25, 0.3) is 0 Å². The molecule has 0 amide bonds. The molecule has 0 fully saturated rings. The van der Waals surface area contributed by atoms with Crippen molar-refractivity contribution >= 4 is 11.4 Å². The molecule has 4 nitrogen and oxygen atoms in total. The van der Waals surface area contributed by atoms with Crippen LogP contribution in [-0.2, 0) is 0 Å². The van der Waals surface area contributed by atoms with Gasteiger partial charge in [-0.15, -0.1) is 0 Å². The van der Waals surface area contributed by atoms with E-state index in [1.807, 2.05) is 12.1 Å². The van der Waals surface area contributed by atoms with Crippen molar-refractivity contribution in [3.8, 4) is 11.5 Å². The number of rotatable bonds is 4. The number of benzene rings is 1. The quantitative estimate of drug-likeness (QED) is 0.862. The Bertz CT molecular complexity index is 419. The van der Waals surface area contributed by atoms with Crippen LogP contribution in [0.4, 0.5) is 11.4 Å². The zero-order valence-electron chi connectivity index (χ0n) is 11.5. The first-order chi connectivity index (χ1) is 8.63. The summed E-state index contributed by atoms with van der Waals surface area (Å²) in [6.45, 7) is 5.43. The molecule has 1 aliphatic rings. The largest absolute Gasteiger partial charge is 0.493 e. The Morgan fingerprint density at radius 1 is 1.17 bits per heavy atom. The Balaban J connectivity index is 2.21. The summed E-state index contributed by atoms with van der Waals surface area (Å²) in [4.78, 5) is 0. The molecule has 1 aromatic rings. The highest BCUT2D eigenvalue weighted by Crippen LogP contribution is 2.38. The number of nitrogens with one attached hydrogen (secondary N) is 2. The summed E-state index contributed by atoms with van der Waals surface area (Å²) in [6.07, 6.45) is 1.15. The Morgan fingerprint density at radius 3 is 2.33 bits per heavy atom. The van der Waals surface area contributed by atoms with E-state index in [2.05, 4.69) is 24.5 Å². The second-order valence-electron chi connectivity index (χ2n) is 5.10. The van der Waals surface area contributed by atoms with Gasteiger partial charge in [0, 0.05) is 24.7 Å². The van der Waals surface area contributed by atoms with Crippen molar-refractivity contribution in [3.63, 3.8) is 0 Å². The topological polar surface area (TPSA) is 42.5 Å². The Morgan fingerprint density at radius 2 is 1.78 bits per heavy atom. The summed E-state index contributed by atoms with van der Waals surface area (Å²) in [5, 5.41) is 7.00. The van der Waals surface area contributed by atoms with Crippen LogP contribution in [-0.4, -0.2) is 26.8 Å². The first-order valence-electron chi connectivity index (χ1n) is 6.40. The number of methoxy groups -OCH3 is 2. The third-order valence-electron chi connectivity index (χ3n) is 3.18. The SMILES string of the molecule is COc1cc2c(cc1OC)NC(CC(C)C)CN2. The van der Waals surface area contributed by atoms with Crippen LogP contribution in [0.15, 0.2) is 12.1 Å². The molecule has 1 aliphatic heterocycles. The zero-order chi connectivity index (χ0) is 13.1. The summed E-state index contributed by atoms with van der Waals surface area (Å²) in [5.74, 6) is 2.20. The van der Waals surface area contributed by atoms with Crippen molar-refractivity contribution in [2.75, 3.05) is 31.4 Å². The van der Waals surface area contributed by atoms with Gasteiger partial charge < -0.3 is 20.1 Å². The van der Waals surface area contributed by atoms with E-state index in [4.69, 9.17) is 9.47 Å². The van der Waals surface area contributed by atoms with E-state index < -0.39 is 0 Å². The Labute approximate surface area is 109 Å². The van der Waals surface area contributed by atoms with Gasteiger partial charge in [0.15, 0.2) is 11.5 Å². The van der Waals surface area contributed by atoms with Gasteiger partial charge in [-0.25, -0.2) is 0 Å². The normalized spacial score (nSPS) is 17.7. The van der Waals surface area contributed by atoms with Crippen LogP contribution in [0.5, 0.6) is 11.5 Å². The van der Waals surface area contributed by atoms with Gasteiger partial charge in [0.05, 0.1) is 25.6 Å². The number of ether oxygens (including phenoxy) is 2. The molecule has 0 radical (unpaired) electrons. The molecule has 4 heteroatoms. The van der Waals surface area contributed by atoms with Crippen LogP contribution in [0.2, 0.25) is 0 Å². The Kier molecular flexibility index (Phi) is 3.84. The minimum Gasteiger partial charge on any atom is -0.493 e. The molecular formula is C14H22N2O2. The second-order valence-corrected chi connectivity index (χ2v) is 5.10. The summed E-state index contributed by atoms with van der Waals surface area (Å²) < 4.78 is 10.6. The third kappa shape index (κ3) is 2.63. The highest BCUT2D eigenvalue weighted by atomic mass is 16.5. The van der Waals surface area contributed by atoms with Crippen LogP contribution in [0.3, 0.4) is 0 Å². The van der Waals surface area contributed by atoms with Crippen molar-refractivity contribution in [1.29, 1.82) is 0 Å². The lowest BCUT2D eigenvalue weighted by Gasteiger charge is -2.30. The molecule has 0 aliphatic carbocycles. The fourth-order valence-electron chi connectivity index (χ4n) is 2.36. The standard InChI is InChI=1S/C14H22N2O2/c1-9(2)5-10-8-15-11-6-13(17-3)14(18-4)7-12(11)16-10/h6-7,9-10,15-16H,5,8H2,1-4H3. The average Bonchev–Trinajstić information content (AvgIpc) is 2.36. The van der Waals surface area contributed by atoms with Crippen LogP contribution in [0, 0.1) is 5.92 Å². The summed E-state index contributed by atoms with van der Waals surface area (Å²) in [5.41, 5.74) is 2.16. The van der Waals surface area contributed by atoms with Gasteiger partial charge in [0.1, 0.15) is 0 Å². The molecule has 2 rings (SSSR count). The molecule has 100 valence electrons. The van der Waals surface area contributed by atoms with Gasteiger partial charge in [-0.1, -0.05) is 13.8 Å². The number of hydrogen-bond donors (Lipinski definition) is 2. The lowest BCUT2D eigenvalue weighted by atomic mass is 10.0. The molecule has 2 N–H and O–H groups in total. The molecular weight excluding hydrogens is 228 g/mol. The molecule has 0 spiro atoms. The molecule has 1 heterocycles. The lowest BCUT2D eigenvalue weighted by Crippen LogP contribution is -2.34. The highest BCUT2D eigenvalue weighted by Gasteiger charge is 2.20. The van der Waals surface area contributed by atoms with Gasteiger partial charge in [-0.3, -0.25) is 0 Å². The number of hydrogen-bond acceptors (Lipinski definition) is 4. The van der Waals surface area contributed by atoms with Gasteiger partial charge in [-0.05, 0) is 12.3 Å². The third-order valence-corrected chi connectivity index (χ3v) is 3.18. The average molecular weight is 250 g/mol. The van der Waals surface area contributed by atoms with Crippen molar-refractivity contribution in [3.05, 3.63) is 12.1 Å². The maximum Gasteiger partial charge on any atom is 0.162 e. The van der Waals surface area contributed by atoms with E-state index in [0.717, 1.165) is 35.8 Å². The molecule has 1 atom stereocenters. The lowest BCUT2D eigenvalue weighted by molar-refractivity contribution is 0.355. The molecule has 1 unspecified atom stereocenters. The van der Waals surface area contributed by atoms with E-state index in [0.29, 0.717) is 12.0 Å². The molecule has 1 aromatic carbocycles. The smallest absolute Gasteiger partial charge is 0.162 e. The van der Waals surface area contributed by atoms with Gasteiger partial charge in [-0.2, -0.15) is 0 Å². The summed E-state index contributed by atoms with van der Waals surface area (Å²) in [6, 6.07) is 4.44. The monoisotopic (exact) mass is 250 g/mol. The fourth-order valence-corrected chi connectivity index (χ4v) is 2.36. The number of fused-ring (bicyclic) bond motifs is 1. The molecule has 0 saturated heterocycles. The van der Waals surface area contributed by atoms with E-state index in [1.165, 1.54) is 0 Å². The van der Waals surface area contributed by atoms with Crippen molar-refractivity contribution in [1.82, 2.24) is 0 Å². The van der Waals surface area contributed by atoms with Crippen LogP contribution in [0.1, 0.15) is 20.3 Å². The van der Waals surface area contributed by atoms with E-state index in [1.54, 1.807) is 14.2 Å². The maximum absolute atomic E-state index is 5.33. The van der Waals surface area contributed by atoms with Crippen molar-refractivity contribution in [2.45, 2.75) is 26.3 Å². The highest BCUT2D eigenvalue weighted by molar-refractivity contribution is 5.76. The van der Waals surface area contributed by atoms with E-state index >= 15 is 0 Å². The van der Waals surface area contributed by atoms with Gasteiger partial charge in [0.2, 0.25) is 0 Å². The maximum atomic E-state index is 5.33. The number of anilines is 2. The van der Waals surface area contributed by atoms with Gasteiger partial charge >= 0.3 is 0 Å². The second kappa shape index (κ2) is 5.38. The first-order valence-corrected chi connectivity index (χ1v) is 6.40. The minimum absolute atomic E-state index is 0.468. The van der Waals surface area contributed by atoms with Crippen LogP contribution >= 0.6 is 0 Å². The fraction of sp³-hybridized carbons (Fsp3) is 0.571. The molecule has 18 heavy (non-hydrogen) atoms. The molecule has 0 saturated carbocycles. The summed E-state index contributed by atoms with van der Waals surface area (Å²) >= 11 is 0. The van der Waals surface area contributed by atoms with Crippen LogP contribution < -0.4 is 20.1 Å².